The van der Waals surface area contributed by atoms with Crippen molar-refractivity contribution >= 4 is 22.7 Å². The maximum atomic E-state index is 12.1. The molecule has 5 nitrogen and oxygen atoms in total. The predicted octanol–water partition coefficient (Wildman–Crippen LogP) is 2.86. The van der Waals surface area contributed by atoms with Gasteiger partial charge in [-0.15, -0.1) is 0 Å². The molecule has 0 saturated heterocycles. The molecule has 0 radical (unpaired) electrons. The van der Waals surface area contributed by atoms with Gasteiger partial charge in [-0.1, -0.05) is 32.0 Å². The lowest BCUT2D eigenvalue weighted by Crippen LogP contribution is -2.26. The molecule has 2 N–H and O–H groups in total. The summed E-state index contributed by atoms with van der Waals surface area (Å²) in [5.74, 6) is 0.536. The van der Waals surface area contributed by atoms with Gasteiger partial charge in [0, 0.05) is 32.1 Å². The van der Waals surface area contributed by atoms with E-state index in [0.29, 0.717) is 18.0 Å². The zero-order valence-electron chi connectivity index (χ0n) is 14.7. The van der Waals surface area contributed by atoms with Gasteiger partial charge in [0.05, 0.1) is 11.1 Å². The Kier molecular flexibility index (Phi) is 5.90. The van der Waals surface area contributed by atoms with Gasteiger partial charge in [0.1, 0.15) is 0 Å². The molecule has 0 fully saturated rings. The van der Waals surface area contributed by atoms with Gasteiger partial charge < -0.3 is 10.6 Å². The molecule has 2 amide bonds. The van der Waals surface area contributed by atoms with Crippen molar-refractivity contribution in [1.29, 1.82) is 0 Å². The van der Waals surface area contributed by atoms with E-state index in [9.17, 15) is 9.59 Å². The number of fused-ring (bicyclic) bond motifs is 1. The van der Waals surface area contributed by atoms with Crippen molar-refractivity contribution < 1.29 is 9.59 Å². The summed E-state index contributed by atoms with van der Waals surface area (Å²) in [4.78, 5) is 27.6. The summed E-state index contributed by atoms with van der Waals surface area (Å²) in [7, 11) is 1.63. The van der Waals surface area contributed by atoms with Gasteiger partial charge in [0.2, 0.25) is 5.91 Å². The molecular weight excluding hydrogens is 302 g/mol. The minimum Gasteiger partial charge on any atom is -0.356 e. The number of hydrogen-bond donors (Lipinski definition) is 2. The van der Waals surface area contributed by atoms with Crippen molar-refractivity contribution in [1.82, 2.24) is 15.6 Å². The van der Waals surface area contributed by atoms with Crippen LogP contribution in [0.3, 0.4) is 0 Å². The lowest BCUT2D eigenvalue weighted by molar-refractivity contribution is -0.119. The van der Waals surface area contributed by atoms with Gasteiger partial charge in [0.25, 0.3) is 5.91 Å². The monoisotopic (exact) mass is 327 g/mol. The zero-order valence-corrected chi connectivity index (χ0v) is 14.7. The molecule has 0 aliphatic carbocycles. The Labute approximate surface area is 142 Å². The zero-order chi connectivity index (χ0) is 17.7. The van der Waals surface area contributed by atoms with Crippen LogP contribution in [0.5, 0.6) is 0 Å². The minimum absolute atomic E-state index is 0.00319. The Bertz CT molecular complexity index is 742. The summed E-state index contributed by atoms with van der Waals surface area (Å²) in [5.41, 5.74) is 2.65. The predicted molar refractivity (Wildman–Crippen MR) is 96.0 cm³/mol. The number of rotatable bonds is 6. The quantitative estimate of drug-likeness (QED) is 0.857. The first kappa shape index (κ1) is 17.9. The number of nitrogens with one attached hydrogen (secondary N) is 2. The maximum absolute atomic E-state index is 12.1. The second kappa shape index (κ2) is 7.90. The molecule has 2 unspecified atom stereocenters. The molecule has 2 rings (SSSR count). The van der Waals surface area contributed by atoms with Gasteiger partial charge in [0.15, 0.2) is 0 Å². The van der Waals surface area contributed by atoms with Crippen LogP contribution in [0.2, 0.25) is 0 Å². The highest BCUT2D eigenvalue weighted by Gasteiger charge is 2.17. The molecule has 5 heteroatoms. The van der Waals surface area contributed by atoms with Crippen LogP contribution in [0.4, 0.5) is 0 Å². The maximum Gasteiger partial charge on any atom is 0.251 e. The van der Waals surface area contributed by atoms with Crippen LogP contribution in [0, 0.1) is 5.92 Å². The van der Waals surface area contributed by atoms with Crippen LogP contribution in [-0.2, 0) is 4.79 Å². The van der Waals surface area contributed by atoms with Crippen molar-refractivity contribution in [2.45, 2.75) is 33.1 Å². The Balaban J connectivity index is 2.28. The van der Waals surface area contributed by atoms with Gasteiger partial charge in [-0.05, 0) is 29.9 Å². The molecule has 0 spiro atoms. The van der Waals surface area contributed by atoms with E-state index in [4.69, 9.17) is 0 Å². The third-order valence-corrected chi connectivity index (χ3v) is 4.26. The summed E-state index contributed by atoms with van der Waals surface area (Å²) in [5, 5.41) is 6.41. The molecule has 0 aliphatic rings. The molecule has 1 heterocycles. The van der Waals surface area contributed by atoms with Crippen LogP contribution >= 0.6 is 0 Å². The number of carbonyl (C=O) groups is 2. The Morgan fingerprint density at radius 2 is 1.96 bits per heavy atom. The molecule has 1 aromatic carbocycles. The van der Waals surface area contributed by atoms with Crippen molar-refractivity contribution in [3.8, 4) is 0 Å². The van der Waals surface area contributed by atoms with Gasteiger partial charge >= 0.3 is 0 Å². The molecule has 2 atom stereocenters. The molecule has 2 aromatic rings. The van der Waals surface area contributed by atoms with E-state index in [1.165, 1.54) is 6.92 Å². The van der Waals surface area contributed by atoms with Crippen LogP contribution in [0.15, 0.2) is 30.5 Å². The van der Waals surface area contributed by atoms with Crippen LogP contribution in [-0.4, -0.2) is 30.4 Å². The third kappa shape index (κ3) is 4.10. The standard InChI is InChI=1S/C19H25N3O2/c1-12(11-22-14(3)23)10-13(2)15-6-5-7-16-17(19(24)20-4)8-9-21-18(15)16/h5-9,12-13H,10-11H2,1-4H3,(H,20,24)(H,22,23). The van der Waals surface area contributed by atoms with E-state index in [0.717, 1.165) is 22.9 Å². The van der Waals surface area contributed by atoms with Gasteiger partial charge in [-0.25, -0.2) is 0 Å². The fraction of sp³-hybridized carbons (Fsp3) is 0.421. The Morgan fingerprint density at radius 1 is 1.21 bits per heavy atom. The number of para-hydroxylation sites is 1. The van der Waals surface area contributed by atoms with Crippen LogP contribution in [0.25, 0.3) is 10.9 Å². The van der Waals surface area contributed by atoms with Gasteiger partial charge in [-0.3, -0.25) is 14.6 Å². The fourth-order valence-corrected chi connectivity index (χ4v) is 3.06. The molecule has 0 bridgehead atoms. The first-order valence-electron chi connectivity index (χ1n) is 8.28. The summed E-state index contributed by atoms with van der Waals surface area (Å²) in [6, 6.07) is 7.72. The topological polar surface area (TPSA) is 71.1 Å². The Hall–Kier alpha value is -2.43. The largest absolute Gasteiger partial charge is 0.356 e. The van der Waals surface area contributed by atoms with E-state index < -0.39 is 0 Å². The van der Waals surface area contributed by atoms with Crippen molar-refractivity contribution in [3.63, 3.8) is 0 Å². The summed E-state index contributed by atoms with van der Waals surface area (Å²) < 4.78 is 0. The number of pyridine rings is 1. The lowest BCUT2D eigenvalue weighted by atomic mass is 9.89. The van der Waals surface area contributed by atoms with E-state index in [-0.39, 0.29) is 17.7 Å². The highest BCUT2D eigenvalue weighted by atomic mass is 16.2. The smallest absolute Gasteiger partial charge is 0.251 e. The number of hydrogen-bond acceptors (Lipinski definition) is 3. The fourth-order valence-electron chi connectivity index (χ4n) is 3.06. The van der Waals surface area contributed by atoms with Crippen molar-refractivity contribution in [2.24, 2.45) is 5.92 Å². The molecule has 1 aromatic heterocycles. The SMILES string of the molecule is CNC(=O)c1ccnc2c(C(C)CC(C)CNC(C)=O)cccc12. The highest BCUT2D eigenvalue weighted by molar-refractivity contribution is 6.06. The Morgan fingerprint density at radius 3 is 2.62 bits per heavy atom. The normalized spacial score (nSPS) is 13.3. The third-order valence-electron chi connectivity index (χ3n) is 4.26. The highest BCUT2D eigenvalue weighted by Crippen LogP contribution is 2.30. The van der Waals surface area contributed by atoms with Crippen molar-refractivity contribution in [3.05, 3.63) is 41.6 Å². The molecule has 24 heavy (non-hydrogen) atoms. The van der Waals surface area contributed by atoms with Gasteiger partial charge in [-0.2, -0.15) is 0 Å². The van der Waals surface area contributed by atoms with Crippen molar-refractivity contribution in [2.75, 3.05) is 13.6 Å². The molecule has 0 saturated carbocycles. The van der Waals surface area contributed by atoms with E-state index in [1.807, 2.05) is 12.1 Å². The first-order valence-corrected chi connectivity index (χ1v) is 8.28. The molecule has 128 valence electrons. The number of amides is 2. The second-order valence-corrected chi connectivity index (χ2v) is 6.36. The minimum atomic E-state index is -0.105. The number of nitrogens with zero attached hydrogens (tertiary/aromatic N) is 1. The number of aromatic nitrogens is 1. The number of carbonyl (C=O) groups excluding carboxylic acids is 2. The van der Waals surface area contributed by atoms with Crippen LogP contribution < -0.4 is 10.6 Å². The average Bonchev–Trinajstić information content (AvgIpc) is 2.58. The molecule has 0 aliphatic heterocycles. The van der Waals surface area contributed by atoms with E-state index in [2.05, 4.69) is 35.5 Å². The first-order chi connectivity index (χ1) is 11.4. The number of benzene rings is 1. The summed E-state index contributed by atoms with van der Waals surface area (Å²) >= 11 is 0. The summed E-state index contributed by atoms with van der Waals surface area (Å²) in [6.07, 6.45) is 2.62. The van der Waals surface area contributed by atoms with Crippen LogP contribution in [0.1, 0.15) is 49.0 Å². The van der Waals surface area contributed by atoms with E-state index in [1.54, 1.807) is 19.3 Å². The molecular formula is C19H25N3O2. The average molecular weight is 327 g/mol. The second-order valence-electron chi connectivity index (χ2n) is 6.36. The van der Waals surface area contributed by atoms with E-state index >= 15 is 0 Å². The lowest BCUT2D eigenvalue weighted by Gasteiger charge is -2.19. The summed E-state index contributed by atoms with van der Waals surface area (Å²) in [6.45, 7) is 6.49.